The fourth-order valence-corrected chi connectivity index (χ4v) is 2.71. The van der Waals surface area contributed by atoms with E-state index in [-0.39, 0.29) is 0 Å². The van der Waals surface area contributed by atoms with Gasteiger partial charge < -0.3 is 5.32 Å². The third kappa shape index (κ3) is 2.84. The van der Waals surface area contributed by atoms with Crippen LogP contribution in [0.25, 0.3) is 0 Å². The maximum Gasteiger partial charge on any atom is 0.0235 e. The van der Waals surface area contributed by atoms with Crippen LogP contribution in [-0.4, -0.2) is 31.1 Å². The van der Waals surface area contributed by atoms with Gasteiger partial charge in [-0.1, -0.05) is 22.0 Å². The normalized spacial score (nSPS) is 17.7. The van der Waals surface area contributed by atoms with Crippen molar-refractivity contribution >= 4 is 15.9 Å². The third-order valence-electron chi connectivity index (χ3n) is 3.28. The minimum Gasteiger partial charge on any atom is -0.314 e. The molecule has 1 fully saturated rings. The van der Waals surface area contributed by atoms with Crippen molar-refractivity contribution in [2.24, 2.45) is 0 Å². The molecule has 88 valence electrons. The van der Waals surface area contributed by atoms with Crippen molar-refractivity contribution < 1.29 is 0 Å². The smallest absolute Gasteiger partial charge is 0.0235 e. The van der Waals surface area contributed by atoms with Gasteiger partial charge in [-0.15, -0.1) is 0 Å². The molecule has 0 aliphatic carbocycles. The van der Waals surface area contributed by atoms with Gasteiger partial charge in [-0.05, 0) is 36.6 Å². The lowest BCUT2D eigenvalue weighted by molar-refractivity contribution is 0.233. The van der Waals surface area contributed by atoms with Crippen LogP contribution in [-0.2, 0) is 6.54 Å². The summed E-state index contributed by atoms with van der Waals surface area (Å²) >= 11 is 3.63. The zero-order valence-corrected chi connectivity index (χ0v) is 11.6. The molecule has 1 aliphatic heterocycles. The van der Waals surface area contributed by atoms with Gasteiger partial charge in [0, 0.05) is 37.2 Å². The molecule has 3 heteroatoms. The second-order valence-corrected chi connectivity index (χ2v) is 5.40. The first-order valence-electron chi connectivity index (χ1n) is 5.85. The molecule has 1 heterocycles. The Labute approximate surface area is 106 Å². The Kier molecular flexibility index (Phi) is 4.00. The highest BCUT2D eigenvalue weighted by Crippen LogP contribution is 2.22. The van der Waals surface area contributed by atoms with Crippen LogP contribution < -0.4 is 5.32 Å². The fraction of sp³-hybridized carbons (Fsp3) is 0.538. The molecule has 2 rings (SSSR count). The van der Waals surface area contributed by atoms with E-state index < -0.39 is 0 Å². The Morgan fingerprint density at radius 3 is 2.56 bits per heavy atom. The molecule has 0 atom stereocenters. The lowest BCUT2D eigenvalue weighted by Gasteiger charge is -2.27. The maximum atomic E-state index is 3.63. The topological polar surface area (TPSA) is 15.3 Å². The molecule has 0 aromatic heterocycles. The standard InChI is InChI=1S/C13H19BrN2/c1-10-7-12(8-13(14)11(10)2)9-16-5-3-15-4-6-16/h7-8,15H,3-6,9H2,1-2H3. The van der Waals surface area contributed by atoms with E-state index in [9.17, 15) is 0 Å². The number of halogens is 1. The van der Waals surface area contributed by atoms with Crippen LogP contribution in [0.3, 0.4) is 0 Å². The van der Waals surface area contributed by atoms with Crippen molar-refractivity contribution in [2.75, 3.05) is 26.2 Å². The van der Waals surface area contributed by atoms with Gasteiger partial charge in [-0.2, -0.15) is 0 Å². The molecule has 0 amide bonds. The summed E-state index contributed by atoms with van der Waals surface area (Å²) in [4.78, 5) is 2.51. The summed E-state index contributed by atoms with van der Waals surface area (Å²) in [5, 5.41) is 3.38. The van der Waals surface area contributed by atoms with Gasteiger partial charge >= 0.3 is 0 Å². The van der Waals surface area contributed by atoms with Gasteiger partial charge in [0.15, 0.2) is 0 Å². The first kappa shape index (κ1) is 12.1. The van der Waals surface area contributed by atoms with Crippen molar-refractivity contribution in [1.82, 2.24) is 10.2 Å². The number of hydrogen-bond acceptors (Lipinski definition) is 2. The first-order chi connectivity index (χ1) is 7.66. The summed E-state index contributed by atoms with van der Waals surface area (Å²) in [6, 6.07) is 4.56. The number of benzene rings is 1. The summed E-state index contributed by atoms with van der Waals surface area (Å²) < 4.78 is 1.23. The molecule has 0 radical (unpaired) electrons. The van der Waals surface area contributed by atoms with E-state index in [2.05, 4.69) is 52.1 Å². The number of nitrogens with one attached hydrogen (secondary N) is 1. The van der Waals surface area contributed by atoms with Crippen molar-refractivity contribution in [2.45, 2.75) is 20.4 Å². The molecule has 2 nitrogen and oxygen atoms in total. The zero-order valence-electron chi connectivity index (χ0n) is 10.0. The number of nitrogens with zero attached hydrogens (tertiary/aromatic N) is 1. The van der Waals surface area contributed by atoms with E-state index >= 15 is 0 Å². The van der Waals surface area contributed by atoms with E-state index in [4.69, 9.17) is 0 Å². The van der Waals surface area contributed by atoms with Crippen LogP contribution in [0.2, 0.25) is 0 Å². The van der Waals surface area contributed by atoms with E-state index in [0.717, 1.165) is 32.7 Å². The van der Waals surface area contributed by atoms with Crippen LogP contribution in [0.4, 0.5) is 0 Å². The quantitative estimate of drug-likeness (QED) is 0.897. The lowest BCUT2D eigenvalue weighted by Crippen LogP contribution is -2.42. The lowest BCUT2D eigenvalue weighted by atomic mass is 10.1. The van der Waals surface area contributed by atoms with Crippen LogP contribution >= 0.6 is 15.9 Å². The summed E-state index contributed by atoms with van der Waals surface area (Å²) in [6.07, 6.45) is 0. The van der Waals surface area contributed by atoms with Crippen molar-refractivity contribution in [3.63, 3.8) is 0 Å². The molecule has 1 aromatic rings. The van der Waals surface area contributed by atoms with Gasteiger partial charge in [0.25, 0.3) is 0 Å². The number of hydrogen-bond donors (Lipinski definition) is 1. The average Bonchev–Trinajstić information content (AvgIpc) is 2.27. The van der Waals surface area contributed by atoms with E-state index in [1.54, 1.807) is 0 Å². The van der Waals surface area contributed by atoms with Gasteiger partial charge in [0.2, 0.25) is 0 Å². The Balaban J connectivity index is 2.09. The Morgan fingerprint density at radius 2 is 1.94 bits per heavy atom. The summed E-state index contributed by atoms with van der Waals surface area (Å²) in [5.41, 5.74) is 4.14. The molecule has 1 aromatic carbocycles. The number of rotatable bonds is 2. The van der Waals surface area contributed by atoms with E-state index in [1.807, 2.05) is 0 Å². The molecule has 0 spiro atoms. The molecule has 1 saturated heterocycles. The SMILES string of the molecule is Cc1cc(CN2CCNCC2)cc(Br)c1C. The molecular formula is C13H19BrN2. The van der Waals surface area contributed by atoms with E-state index in [0.29, 0.717) is 0 Å². The second kappa shape index (κ2) is 5.30. The van der Waals surface area contributed by atoms with Crippen molar-refractivity contribution in [1.29, 1.82) is 0 Å². The minimum atomic E-state index is 1.07. The van der Waals surface area contributed by atoms with Gasteiger partial charge in [-0.25, -0.2) is 0 Å². The minimum absolute atomic E-state index is 1.07. The predicted molar refractivity (Wildman–Crippen MR) is 71.8 cm³/mol. The largest absolute Gasteiger partial charge is 0.314 e. The van der Waals surface area contributed by atoms with Gasteiger partial charge in [0.05, 0.1) is 0 Å². The molecule has 1 N–H and O–H groups in total. The number of aryl methyl sites for hydroxylation is 1. The van der Waals surface area contributed by atoms with Crippen LogP contribution in [0, 0.1) is 13.8 Å². The highest BCUT2D eigenvalue weighted by Gasteiger charge is 2.11. The van der Waals surface area contributed by atoms with Crippen molar-refractivity contribution in [3.05, 3.63) is 33.3 Å². The monoisotopic (exact) mass is 282 g/mol. The maximum absolute atomic E-state index is 3.63. The van der Waals surface area contributed by atoms with Gasteiger partial charge in [0.1, 0.15) is 0 Å². The van der Waals surface area contributed by atoms with Gasteiger partial charge in [-0.3, -0.25) is 4.90 Å². The third-order valence-corrected chi connectivity index (χ3v) is 4.10. The summed E-state index contributed by atoms with van der Waals surface area (Å²) in [7, 11) is 0. The second-order valence-electron chi connectivity index (χ2n) is 4.55. The molecule has 0 bridgehead atoms. The average molecular weight is 283 g/mol. The molecule has 1 aliphatic rings. The Morgan fingerprint density at radius 1 is 1.25 bits per heavy atom. The van der Waals surface area contributed by atoms with Crippen LogP contribution in [0.5, 0.6) is 0 Å². The molecule has 0 saturated carbocycles. The van der Waals surface area contributed by atoms with Crippen LogP contribution in [0.1, 0.15) is 16.7 Å². The van der Waals surface area contributed by atoms with E-state index in [1.165, 1.54) is 21.2 Å². The highest BCUT2D eigenvalue weighted by atomic mass is 79.9. The Bertz CT molecular complexity index is 347. The summed E-state index contributed by atoms with van der Waals surface area (Å²) in [5.74, 6) is 0. The highest BCUT2D eigenvalue weighted by molar-refractivity contribution is 9.10. The first-order valence-corrected chi connectivity index (χ1v) is 6.65. The predicted octanol–water partition coefficient (Wildman–Crippen LogP) is 2.47. The fourth-order valence-electron chi connectivity index (χ4n) is 2.11. The Hall–Kier alpha value is -0.380. The molecule has 16 heavy (non-hydrogen) atoms. The zero-order chi connectivity index (χ0) is 11.5. The molecule has 0 unspecified atom stereocenters. The molecular weight excluding hydrogens is 264 g/mol. The number of piperazine rings is 1. The summed E-state index contributed by atoms with van der Waals surface area (Å²) in [6.45, 7) is 9.96. The van der Waals surface area contributed by atoms with Crippen molar-refractivity contribution in [3.8, 4) is 0 Å². The van der Waals surface area contributed by atoms with Crippen LogP contribution in [0.15, 0.2) is 16.6 Å².